The number of nitrogens with one attached hydrogen (secondary N) is 1. The van der Waals surface area contributed by atoms with Crippen LogP contribution in [0.15, 0.2) is 40.6 Å². The Balaban J connectivity index is 2.13. The lowest BCUT2D eigenvalue weighted by molar-refractivity contribution is -0.274. The Morgan fingerprint density at radius 1 is 1.10 bits per heavy atom. The van der Waals surface area contributed by atoms with E-state index in [9.17, 15) is 21.6 Å². The Hall–Kier alpha value is -1.45. The van der Waals surface area contributed by atoms with Crippen molar-refractivity contribution in [2.24, 2.45) is 0 Å². The van der Waals surface area contributed by atoms with Gasteiger partial charge in [-0.2, -0.15) is 0 Å². The number of hydrogen-bond donors (Lipinski definition) is 1. The zero-order valence-electron chi connectivity index (χ0n) is 10.0. The fourth-order valence-electron chi connectivity index (χ4n) is 1.37. The van der Waals surface area contributed by atoms with E-state index in [0.717, 1.165) is 35.6 Å². The summed E-state index contributed by atoms with van der Waals surface area (Å²) in [6.07, 6.45) is -4.80. The third-order valence-electron chi connectivity index (χ3n) is 2.15. The van der Waals surface area contributed by atoms with Crippen molar-refractivity contribution in [2.75, 3.05) is 4.72 Å². The minimum Gasteiger partial charge on any atom is -0.406 e. The van der Waals surface area contributed by atoms with Crippen LogP contribution >= 0.6 is 22.9 Å². The van der Waals surface area contributed by atoms with Crippen molar-refractivity contribution in [3.8, 4) is 5.75 Å². The molecule has 0 saturated carbocycles. The summed E-state index contributed by atoms with van der Waals surface area (Å²) >= 11 is 6.52. The van der Waals surface area contributed by atoms with Crippen molar-refractivity contribution in [3.05, 3.63) is 40.7 Å². The highest BCUT2D eigenvalue weighted by Crippen LogP contribution is 2.28. The molecule has 0 amide bonds. The standard InChI is InChI=1S/C11H7ClF3NO3S2/c12-9-5-6-10(20-9)21(17,18)16-7-1-3-8(4-2-7)19-11(13,14)15/h1-6,16H. The van der Waals surface area contributed by atoms with Crippen LogP contribution in [0, 0.1) is 0 Å². The van der Waals surface area contributed by atoms with Crippen LogP contribution in [0.2, 0.25) is 4.34 Å². The van der Waals surface area contributed by atoms with Gasteiger partial charge in [0.25, 0.3) is 10.0 Å². The average molecular weight is 358 g/mol. The van der Waals surface area contributed by atoms with Crippen LogP contribution in [0.3, 0.4) is 0 Å². The molecule has 0 atom stereocenters. The van der Waals surface area contributed by atoms with Gasteiger partial charge in [-0.15, -0.1) is 24.5 Å². The van der Waals surface area contributed by atoms with Crippen LogP contribution in [0.5, 0.6) is 5.75 Å². The molecule has 0 spiro atoms. The first kappa shape index (κ1) is 15.9. The monoisotopic (exact) mass is 357 g/mol. The molecular weight excluding hydrogens is 351 g/mol. The summed E-state index contributed by atoms with van der Waals surface area (Å²) in [6, 6.07) is 7.10. The van der Waals surface area contributed by atoms with Gasteiger partial charge in [-0.3, -0.25) is 4.72 Å². The highest BCUT2D eigenvalue weighted by molar-refractivity contribution is 7.94. The van der Waals surface area contributed by atoms with E-state index in [2.05, 4.69) is 9.46 Å². The number of thiophene rings is 1. The van der Waals surface area contributed by atoms with Crippen molar-refractivity contribution in [2.45, 2.75) is 10.6 Å². The lowest BCUT2D eigenvalue weighted by atomic mass is 10.3. The van der Waals surface area contributed by atoms with E-state index in [1.165, 1.54) is 12.1 Å². The molecule has 1 aromatic carbocycles. The highest BCUT2D eigenvalue weighted by atomic mass is 35.5. The van der Waals surface area contributed by atoms with Gasteiger partial charge in [-0.25, -0.2) is 8.42 Å². The molecule has 0 aliphatic carbocycles. The summed E-state index contributed by atoms with van der Waals surface area (Å²) in [4.78, 5) is 0. The Bertz CT molecular complexity index is 726. The van der Waals surface area contributed by atoms with Gasteiger partial charge in [0.05, 0.1) is 4.34 Å². The zero-order valence-corrected chi connectivity index (χ0v) is 12.4. The van der Waals surface area contributed by atoms with Crippen LogP contribution in [0.1, 0.15) is 0 Å². The molecule has 0 fully saturated rings. The molecule has 1 aromatic heterocycles. The van der Waals surface area contributed by atoms with E-state index in [1.54, 1.807) is 0 Å². The van der Waals surface area contributed by atoms with E-state index in [1.807, 2.05) is 0 Å². The number of halogens is 4. The van der Waals surface area contributed by atoms with Crippen molar-refractivity contribution in [1.29, 1.82) is 0 Å². The molecule has 4 nitrogen and oxygen atoms in total. The summed E-state index contributed by atoms with van der Waals surface area (Å²) in [5, 5.41) is 0. The molecule has 1 N–H and O–H groups in total. The van der Waals surface area contributed by atoms with E-state index in [-0.39, 0.29) is 9.90 Å². The second-order valence-corrected chi connectivity index (χ2v) is 7.36. The molecule has 10 heteroatoms. The Morgan fingerprint density at radius 2 is 1.71 bits per heavy atom. The number of ether oxygens (including phenoxy) is 1. The summed E-state index contributed by atoms with van der Waals surface area (Å²) in [7, 11) is -3.82. The van der Waals surface area contributed by atoms with Gasteiger partial charge < -0.3 is 4.74 Å². The summed E-state index contributed by atoms with van der Waals surface area (Å²) in [5.41, 5.74) is 0.106. The summed E-state index contributed by atoms with van der Waals surface area (Å²) < 4.78 is 66.1. The van der Waals surface area contributed by atoms with Crippen LogP contribution in [0.4, 0.5) is 18.9 Å². The van der Waals surface area contributed by atoms with Crippen LogP contribution < -0.4 is 9.46 Å². The lowest BCUT2D eigenvalue weighted by Gasteiger charge is -2.10. The van der Waals surface area contributed by atoms with Crippen molar-refractivity contribution < 1.29 is 26.3 Å². The quantitative estimate of drug-likeness (QED) is 0.896. The number of rotatable bonds is 4. The third kappa shape index (κ3) is 4.51. The normalized spacial score (nSPS) is 12.2. The van der Waals surface area contributed by atoms with Gasteiger partial charge in [0.2, 0.25) is 0 Å². The highest BCUT2D eigenvalue weighted by Gasteiger charge is 2.31. The molecule has 2 aromatic rings. The molecule has 0 saturated heterocycles. The van der Waals surface area contributed by atoms with Gasteiger partial charge in [-0.1, -0.05) is 11.6 Å². The smallest absolute Gasteiger partial charge is 0.406 e. The largest absolute Gasteiger partial charge is 0.573 e. The summed E-state index contributed by atoms with van der Waals surface area (Å²) in [6.45, 7) is 0. The predicted octanol–water partition coefficient (Wildman–Crippen LogP) is 4.10. The van der Waals surface area contributed by atoms with E-state index >= 15 is 0 Å². The fraction of sp³-hybridized carbons (Fsp3) is 0.0909. The lowest BCUT2D eigenvalue weighted by Crippen LogP contribution is -2.17. The third-order valence-corrected chi connectivity index (χ3v) is 5.26. The minimum absolute atomic E-state index is 0.00289. The van der Waals surface area contributed by atoms with Gasteiger partial charge in [0.1, 0.15) is 9.96 Å². The molecule has 1 heterocycles. The molecule has 0 aliphatic rings. The maximum atomic E-state index is 12.0. The molecule has 0 unspecified atom stereocenters. The maximum absolute atomic E-state index is 12.0. The molecule has 0 radical (unpaired) electrons. The predicted molar refractivity (Wildman–Crippen MR) is 73.3 cm³/mol. The van der Waals surface area contributed by atoms with E-state index in [4.69, 9.17) is 11.6 Å². The Labute approximate surface area is 127 Å². The van der Waals surface area contributed by atoms with Crippen molar-refractivity contribution in [1.82, 2.24) is 0 Å². The van der Waals surface area contributed by atoms with Crippen LogP contribution in [-0.4, -0.2) is 14.8 Å². The van der Waals surface area contributed by atoms with Gasteiger partial charge in [0.15, 0.2) is 0 Å². The van der Waals surface area contributed by atoms with Crippen LogP contribution in [-0.2, 0) is 10.0 Å². The van der Waals surface area contributed by atoms with Crippen LogP contribution in [0.25, 0.3) is 0 Å². The molecular formula is C11H7ClF3NO3S2. The maximum Gasteiger partial charge on any atom is 0.573 e. The fourth-order valence-corrected chi connectivity index (χ4v) is 3.91. The molecule has 0 bridgehead atoms. The average Bonchev–Trinajstić information content (AvgIpc) is 2.77. The first-order valence-corrected chi connectivity index (χ1v) is 7.97. The second kappa shape index (κ2) is 5.74. The number of anilines is 1. The van der Waals surface area contributed by atoms with Gasteiger partial charge in [0, 0.05) is 5.69 Å². The van der Waals surface area contributed by atoms with Gasteiger partial charge >= 0.3 is 6.36 Å². The van der Waals surface area contributed by atoms with E-state index in [0.29, 0.717) is 4.34 Å². The summed E-state index contributed by atoms with van der Waals surface area (Å²) in [5.74, 6) is -0.440. The van der Waals surface area contributed by atoms with Crippen molar-refractivity contribution in [3.63, 3.8) is 0 Å². The molecule has 21 heavy (non-hydrogen) atoms. The SMILES string of the molecule is O=S(=O)(Nc1ccc(OC(F)(F)F)cc1)c1ccc(Cl)s1. The first-order chi connectivity index (χ1) is 9.66. The first-order valence-electron chi connectivity index (χ1n) is 5.30. The minimum atomic E-state index is -4.80. The molecule has 114 valence electrons. The second-order valence-electron chi connectivity index (χ2n) is 3.74. The number of sulfonamides is 1. The Kier molecular flexibility index (Phi) is 4.35. The van der Waals surface area contributed by atoms with Gasteiger partial charge in [-0.05, 0) is 36.4 Å². The molecule has 0 aliphatic heterocycles. The van der Waals surface area contributed by atoms with Crippen molar-refractivity contribution >= 4 is 38.6 Å². The number of benzene rings is 1. The topological polar surface area (TPSA) is 55.4 Å². The van der Waals surface area contributed by atoms with E-state index < -0.39 is 22.1 Å². The number of hydrogen-bond acceptors (Lipinski definition) is 4. The Morgan fingerprint density at radius 3 is 2.19 bits per heavy atom. The zero-order chi connectivity index (χ0) is 15.7. The number of alkyl halides is 3. The molecule has 2 rings (SSSR count).